The molecule has 2 amide bonds. The summed E-state index contributed by atoms with van der Waals surface area (Å²) >= 11 is 12.7. The Morgan fingerprint density at radius 3 is 2.13 bits per heavy atom. The van der Waals surface area contributed by atoms with E-state index in [0.29, 0.717) is 33.5 Å². The number of carbonyl (C=O) groups excluding carboxylic acids is 2. The SMILES string of the molecule is CC[C@H](C(=O)NC(C)C)N(Cc1c(Cl)cccc1Cl)C(=O)COc1ccc(OC)cc1. The molecule has 0 aliphatic carbocycles. The summed E-state index contributed by atoms with van der Waals surface area (Å²) in [6, 6.07) is 11.3. The minimum atomic E-state index is -0.693. The Labute approximate surface area is 193 Å². The first-order chi connectivity index (χ1) is 14.8. The van der Waals surface area contributed by atoms with Gasteiger partial charge in [0.2, 0.25) is 5.91 Å². The molecule has 0 saturated heterocycles. The van der Waals surface area contributed by atoms with E-state index in [4.69, 9.17) is 32.7 Å². The van der Waals surface area contributed by atoms with Crippen LogP contribution in [0.3, 0.4) is 0 Å². The number of benzene rings is 2. The van der Waals surface area contributed by atoms with E-state index >= 15 is 0 Å². The van der Waals surface area contributed by atoms with Crippen LogP contribution in [0.1, 0.15) is 32.8 Å². The number of nitrogens with one attached hydrogen (secondary N) is 1. The van der Waals surface area contributed by atoms with E-state index in [9.17, 15) is 9.59 Å². The smallest absolute Gasteiger partial charge is 0.261 e. The number of ether oxygens (including phenoxy) is 2. The molecule has 168 valence electrons. The third-order valence-corrected chi connectivity index (χ3v) is 5.34. The summed E-state index contributed by atoms with van der Waals surface area (Å²) in [5.41, 5.74) is 0.583. The van der Waals surface area contributed by atoms with Crippen LogP contribution in [0.15, 0.2) is 42.5 Å². The van der Waals surface area contributed by atoms with Gasteiger partial charge < -0.3 is 19.7 Å². The molecule has 0 aliphatic heterocycles. The first-order valence-corrected chi connectivity index (χ1v) is 10.8. The fourth-order valence-corrected chi connectivity index (χ4v) is 3.57. The molecule has 0 bridgehead atoms. The summed E-state index contributed by atoms with van der Waals surface area (Å²) in [6.45, 7) is 5.44. The molecule has 8 heteroatoms. The van der Waals surface area contributed by atoms with E-state index in [0.717, 1.165) is 0 Å². The third-order valence-electron chi connectivity index (χ3n) is 4.63. The van der Waals surface area contributed by atoms with Crippen LogP contribution in [0, 0.1) is 0 Å². The second kappa shape index (κ2) is 11.8. The fourth-order valence-electron chi connectivity index (χ4n) is 3.05. The summed E-state index contributed by atoms with van der Waals surface area (Å²) in [4.78, 5) is 27.4. The molecule has 1 N–H and O–H groups in total. The zero-order chi connectivity index (χ0) is 23.0. The maximum Gasteiger partial charge on any atom is 0.261 e. The summed E-state index contributed by atoms with van der Waals surface area (Å²) in [6.07, 6.45) is 0.425. The minimum absolute atomic E-state index is 0.0575. The zero-order valence-corrected chi connectivity index (χ0v) is 19.7. The second-order valence-electron chi connectivity index (χ2n) is 7.27. The first kappa shape index (κ1) is 24.8. The van der Waals surface area contributed by atoms with Crippen molar-refractivity contribution >= 4 is 35.0 Å². The number of methoxy groups -OCH3 is 1. The number of nitrogens with zero attached hydrogens (tertiary/aromatic N) is 1. The topological polar surface area (TPSA) is 67.9 Å². The number of rotatable bonds is 10. The van der Waals surface area contributed by atoms with Crippen molar-refractivity contribution in [2.24, 2.45) is 0 Å². The monoisotopic (exact) mass is 466 g/mol. The maximum absolute atomic E-state index is 13.2. The predicted molar refractivity (Wildman–Crippen MR) is 123 cm³/mol. The standard InChI is InChI=1S/C23H28Cl2N2O4/c1-5-21(23(29)26-15(2)3)27(13-18-19(24)7-6-8-20(18)25)22(28)14-31-17-11-9-16(30-4)10-12-17/h6-12,15,21H,5,13-14H2,1-4H3,(H,26,29)/t21-/m1/s1. The molecule has 0 fully saturated rings. The fraction of sp³-hybridized carbons (Fsp3) is 0.391. The molecule has 2 aromatic rings. The quantitative estimate of drug-likeness (QED) is 0.550. The van der Waals surface area contributed by atoms with E-state index in [1.165, 1.54) is 4.90 Å². The van der Waals surface area contributed by atoms with Gasteiger partial charge in [0, 0.05) is 28.2 Å². The van der Waals surface area contributed by atoms with Gasteiger partial charge in [-0.2, -0.15) is 0 Å². The highest BCUT2D eigenvalue weighted by Crippen LogP contribution is 2.27. The third kappa shape index (κ3) is 7.04. The lowest BCUT2D eigenvalue weighted by Crippen LogP contribution is -2.51. The van der Waals surface area contributed by atoms with Gasteiger partial charge in [0.1, 0.15) is 17.5 Å². The van der Waals surface area contributed by atoms with Gasteiger partial charge in [-0.3, -0.25) is 9.59 Å². The molecular weight excluding hydrogens is 439 g/mol. The highest BCUT2D eigenvalue weighted by molar-refractivity contribution is 6.36. The molecule has 31 heavy (non-hydrogen) atoms. The number of amides is 2. The average Bonchev–Trinajstić information content (AvgIpc) is 2.73. The van der Waals surface area contributed by atoms with Crippen LogP contribution in [0.4, 0.5) is 0 Å². The summed E-state index contributed by atoms with van der Waals surface area (Å²) < 4.78 is 10.8. The summed E-state index contributed by atoms with van der Waals surface area (Å²) in [5, 5.41) is 3.74. The van der Waals surface area contributed by atoms with Crippen LogP contribution in [-0.4, -0.2) is 42.5 Å². The van der Waals surface area contributed by atoms with Crippen LogP contribution in [0.2, 0.25) is 10.0 Å². The van der Waals surface area contributed by atoms with Crippen molar-refractivity contribution in [2.75, 3.05) is 13.7 Å². The van der Waals surface area contributed by atoms with E-state index in [-0.39, 0.29) is 31.0 Å². The molecular formula is C23H28Cl2N2O4. The van der Waals surface area contributed by atoms with Crippen LogP contribution in [-0.2, 0) is 16.1 Å². The molecule has 0 aliphatic rings. The van der Waals surface area contributed by atoms with Crippen molar-refractivity contribution in [2.45, 2.75) is 45.8 Å². The Bertz CT molecular complexity index is 867. The van der Waals surface area contributed by atoms with Crippen LogP contribution >= 0.6 is 23.2 Å². The van der Waals surface area contributed by atoms with Gasteiger partial charge in [-0.15, -0.1) is 0 Å². The van der Waals surface area contributed by atoms with Crippen molar-refractivity contribution in [3.8, 4) is 11.5 Å². The van der Waals surface area contributed by atoms with Gasteiger partial charge in [0.15, 0.2) is 6.61 Å². The van der Waals surface area contributed by atoms with Crippen molar-refractivity contribution in [1.82, 2.24) is 10.2 Å². The molecule has 0 spiro atoms. The Morgan fingerprint density at radius 1 is 1.03 bits per heavy atom. The van der Waals surface area contributed by atoms with Crippen LogP contribution in [0.25, 0.3) is 0 Å². The van der Waals surface area contributed by atoms with Gasteiger partial charge in [0.25, 0.3) is 5.91 Å². The van der Waals surface area contributed by atoms with Gasteiger partial charge >= 0.3 is 0 Å². The lowest BCUT2D eigenvalue weighted by molar-refractivity contribution is -0.143. The van der Waals surface area contributed by atoms with Crippen molar-refractivity contribution in [1.29, 1.82) is 0 Å². The normalized spacial score (nSPS) is 11.7. The van der Waals surface area contributed by atoms with Crippen molar-refractivity contribution in [3.05, 3.63) is 58.1 Å². The van der Waals surface area contributed by atoms with E-state index < -0.39 is 6.04 Å². The largest absolute Gasteiger partial charge is 0.497 e. The molecule has 0 heterocycles. The number of carbonyl (C=O) groups is 2. The molecule has 2 rings (SSSR count). The van der Waals surface area contributed by atoms with Crippen LogP contribution < -0.4 is 14.8 Å². The molecule has 6 nitrogen and oxygen atoms in total. The van der Waals surface area contributed by atoms with Crippen molar-refractivity contribution < 1.29 is 19.1 Å². The number of hydrogen-bond acceptors (Lipinski definition) is 4. The molecule has 0 aromatic heterocycles. The Morgan fingerprint density at radius 2 is 1.61 bits per heavy atom. The highest BCUT2D eigenvalue weighted by atomic mass is 35.5. The van der Waals surface area contributed by atoms with E-state index in [2.05, 4.69) is 5.32 Å². The molecule has 0 radical (unpaired) electrons. The summed E-state index contributed by atoms with van der Waals surface area (Å²) in [5.74, 6) is 0.616. The Balaban J connectivity index is 2.25. The van der Waals surface area contributed by atoms with Gasteiger partial charge in [-0.1, -0.05) is 36.2 Å². The zero-order valence-electron chi connectivity index (χ0n) is 18.2. The number of halogens is 2. The predicted octanol–water partition coefficient (Wildman–Crippen LogP) is 4.71. The molecule has 2 aromatic carbocycles. The molecule has 1 atom stereocenters. The summed E-state index contributed by atoms with van der Waals surface area (Å²) in [7, 11) is 1.57. The Kier molecular flexibility index (Phi) is 9.46. The van der Waals surface area contributed by atoms with E-state index in [1.54, 1.807) is 49.6 Å². The average molecular weight is 467 g/mol. The van der Waals surface area contributed by atoms with Gasteiger partial charge in [-0.05, 0) is 56.7 Å². The van der Waals surface area contributed by atoms with Gasteiger partial charge in [0.05, 0.1) is 7.11 Å². The molecule has 0 unspecified atom stereocenters. The van der Waals surface area contributed by atoms with Crippen LogP contribution in [0.5, 0.6) is 11.5 Å². The second-order valence-corrected chi connectivity index (χ2v) is 8.09. The lowest BCUT2D eigenvalue weighted by Gasteiger charge is -2.31. The minimum Gasteiger partial charge on any atom is -0.497 e. The van der Waals surface area contributed by atoms with Crippen molar-refractivity contribution in [3.63, 3.8) is 0 Å². The maximum atomic E-state index is 13.2. The molecule has 0 saturated carbocycles. The van der Waals surface area contributed by atoms with Gasteiger partial charge in [-0.25, -0.2) is 0 Å². The number of hydrogen-bond donors (Lipinski definition) is 1. The highest BCUT2D eigenvalue weighted by Gasteiger charge is 2.30. The first-order valence-electron chi connectivity index (χ1n) is 10.1. The Hall–Kier alpha value is -2.44. The van der Waals surface area contributed by atoms with E-state index in [1.807, 2.05) is 20.8 Å². The lowest BCUT2D eigenvalue weighted by atomic mass is 10.1.